The van der Waals surface area contributed by atoms with E-state index in [0.29, 0.717) is 35.2 Å². The van der Waals surface area contributed by atoms with E-state index in [-0.39, 0.29) is 6.54 Å². The fourth-order valence-corrected chi connectivity index (χ4v) is 3.43. The van der Waals surface area contributed by atoms with E-state index >= 15 is 0 Å². The van der Waals surface area contributed by atoms with Crippen LogP contribution in [0.3, 0.4) is 0 Å². The van der Waals surface area contributed by atoms with Crippen LogP contribution in [0.2, 0.25) is 0 Å². The Morgan fingerprint density at radius 2 is 1.77 bits per heavy atom. The number of hydrazone groups is 1. The molecule has 0 unspecified atom stereocenters. The van der Waals surface area contributed by atoms with Crippen LogP contribution < -0.4 is 29.7 Å². The third-order valence-electron chi connectivity index (χ3n) is 3.99. The van der Waals surface area contributed by atoms with E-state index in [1.807, 2.05) is 13.0 Å². The molecule has 0 radical (unpaired) electrons. The van der Waals surface area contributed by atoms with Crippen molar-refractivity contribution in [3.8, 4) is 23.0 Å². The molecule has 2 aromatic carbocycles. The predicted octanol–water partition coefficient (Wildman–Crippen LogP) is 2.60. The minimum absolute atomic E-state index is 0.241. The average molecular weight is 541 g/mol. The summed E-state index contributed by atoms with van der Waals surface area (Å²) in [6.07, 6.45) is 1.48. The molecule has 0 atom stereocenters. The Bertz CT molecular complexity index is 964. The zero-order chi connectivity index (χ0) is 22.8. The molecule has 10 heteroatoms. The Hall–Kier alpha value is -3.02. The van der Waals surface area contributed by atoms with Crippen molar-refractivity contribution in [3.63, 3.8) is 0 Å². The quantitative estimate of drug-likeness (QED) is 0.272. The number of amides is 2. The molecule has 0 aliphatic heterocycles. The lowest BCUT2D eigenvalue weighted by molar-refractivity contribution is -0.120. The molecule has 0 saturated carbocycles. The summed E-state index contributed by atoms with van der Waals surface area (Å²) >= 11 is 2.13. The van der Waals surface area contributed by atoms with Gasteiger partial charge in [0.25, 0.3) is 11.8 Å². The van der Waals surface area contributed by atoms with Crippen LogP contribution in [0.4, 0.5) is 0 Å². The summed E-state index contributed by atoms with van der Waals surface area (Å²) in [5.41, 5.74) is 3.44. The molecular formula is C21H24IN3O6. The van der Waals surface area contributed by atoms with Gasteiger partial charge in [-0.1, -0.05) is 0 Å². The van der Waals surface area contributed by atoms with Gasteiger partial charge < -0.3 is 24.3 Å². The maximum Gasteiger partial charge on any atom is 0.259 e. The number of methoxy groups -OCH3 is 3. The summed E-state index contributed by atoms with van der Waals surface area (Å²) in [4.78, 5) is 24.3. The first-order valence-corrected chi connectivity index (χ1v) is 10.3. The number of halogens is 1. The highest BCUT2D eigenvalue weighted by Gasteiger charge is 2.12. The molecule has 0 bridgehead atoms. The molecule has 166 valence electrons. The molecule has 9 nitrogen and oxygen atoms in total. The molecule has 31 heavy (non-hydrogen) atoms. The van der Waals surface area contributed by atoms with E-state index in [1.165, 1.54) is 26.5 Å². The van der Waals surface area contributed by atoms with Crippen LogP contribution in [0.15, 0.2) is 35.4 Å². The monoisotopic (exact) mass is 541 g/mol. The number of benzene rings is 2. The normalized spacial score (nSPS) is 10.5. The molecule has 0 aliphatic rings. The Balaban J connectivity index is 1.93. The first kappa shape index (κ1) is 24.3. The van der Waals surface area contributed by atoms with E-state index in [1.54, 1.807) is 25.3 Å². The van der Waals surface area contributed by atoms with Crippen LogP contribution in [0.5, 0.6) is 23.0 Å². The first-order chi connectivity index (χ1) is 14.9. The molecular weight excluding hydrogens is 517 g/mol. The van der Waals surface area contributed by atoms with Crippen molar-refractivity contribution in [1.29, 1.82) is 0 Å². The Kier molecular flexibility index (Phi) is 9.38. The molecule has 2 aromatic rings. The Morgan fingerprint density at radius 1 is 1.03 bits per heavy atom. The van der Waals surface area contributed by atoms with Crippen molar-refractivity contribution in [2.45, 2.75) is 6.92 Å². The van der Waals surface area contributed by atoms with E-state index < -0.39 is 11.8 Å². The van der Waals surface area contributed by atoms with Crippen LogP contribution in [0.25, 0.3) is 0 Å². The molecule has 0 aromatic heterocycles. The van der Waals surface area contributed by atoms with Crippen LogP contribution >= 0.6 is 22.6 Å². The van der Waals surface area contributed by atoms with E-state index in [4.69, 9.17) is 18.9 Å². The summed E-state index contributed by atoms with van der Waals surface area (Å²) in [5.74, 6) is 1.26. The van der Waals surface area contributed by atoms with Gasteiger partial charge in [0.2, 0.25) is 0 Å². The van der Waals surface area contributed by atoms with Crippen molar-refractivity contribution >= 4 is 40.6 Å². The highest BCUT2D eigenvalue weighted by molar-refractivity contribution is 14.1. The lowest BCUT2D eigenvalue weighted by atomic mass is 10.2. The van der Waals surface area contributed by atoms with Gasteiger partial charge in [-0.2, -0.15) is 5.10 Å². The zero-order valence-corrected chi connectivity index (χ0v) is 19.8. The van der Waals surface area contributed by atoms with Crippen LogP contribution in [0, 0.1) is 3.57 Å². The lowest BCUT2D eigenvalue weighted by Gasteiger charge is -2.11. The van der Waals surface area contributed by atoms with Gasteiger partial charge in [-0.3, -0.25) is 9.59 Å². The third-order valence-corrected chi connectivity index (χ3v) is 4.80. The standard InChI is InChI=1S/C21H24IN3O6/c1-5-31-18-9-13(8-15(22)20(18)30-4)11-24-25-19(26)12-23-21(27)14-6-7-16(28-2)17(10-14)29-3/h6-11H,5,12H2,1-4H3,(H,23,27)(H,25,26). The van der Waals surface area contributed by atoms with Crippen LogP contribution in [-0.4, -0.2) is 52.5 Å². The zero-order valence-electron chi connectivity index (χ0n) is 17.7. The molecule has 2 N–H and O–H groups in total. The first-order valence-electron chi connectivity index (χ1n) is 9.25. The van der Waals surface area contributed by atoms with Crippen molar-refractivity contribution in [3.05, 3.63) is 45.0 Å². The second-order valence-corrected chi connectivity index (χ2v) is 7.17. The number of carbonyl (C=O) groups excluding carboxylic acids is 2. The summed E-state index contributed by atoms with van der Waals surface area (Å²) < 4.78 is 22.1. The third kappa shape index (κ3) is 6.74. The topological polar surface area (TPSA) is 107 Å². The maximum absolute atomic E-state index is 12.3. The SMILES string of the molecule is CCOc1cc(C=NNC(=O)CNC(=O)c2ccc(OC)c(OC)c2)cc(I)c1OC. The predicted molar refractivity (Wildman–Crippen MR) is 124 cm³/mol. The average Bonchev–Trinajstić information content (AvgIpc) is 2.77. The maximum atomic E-state index is 12.3. The fraction of sp³-hybridized carbons (Fsp3) is 0.286. The number of hydrogen-bond acceptors (Lipinski definition) is 7. The van der Waals surface area contributed by atoms with Gasteiger partial charge in [-0.15, -0.1) is 0 Å². The number of nitrogens with zero attached hydrogens (tertiary/aromatic N) is 1. The van der Waals surface area contributed by atoms with Gasteiger partial charge in [-0.25, -0.2) is 5.43 Å². The summed E-state index contributed by atoms with van der Waals surface area (Å²) in [7, 11) is 4.56. The highest BCUT2D eigenvalue weighted by atomic mass is 127. The molecule has 0 spiro atoms. The van der Waals surface area contributed by atoms with Gasteiger partial charge >= 0.3 is 0 Å². The summed E-state index contributed by atoms with van der Waals surface area (Å²) in [6.45, 7) is 2.13. The number of hydrogen-bond donors (Lipinski definition) is 2. The molecule has 2 amide bonds. The lowest BCUT2D eigenvalue weighted by Crippen LogP contribution is -2.34. The van der Waals surface area contributed by atoms with Crippen LogP contribution in [0.1, 0.15) is 22.8 Å². The van der Waals surface area contributed by atoms with Gasteiger partial charge in [0.05, 0.1) is 44.3 Å². The van der Waals surface area contributed by atoms with Gasteiger partial charge in [0, 0.05) is 5.56 Å². The van der Waals surface area contributed by atoms with Crippen LogP contribution in [-0.2, 0) is 4.79 Å². The second kappa shape index (κ2) is 12.0. The smallest absolute Gasteiger partial charge is 0.259 e. The number of ether oxygens (including phenoxy) is 4. The molecule has 0 fully saturated rings. The summed E-state index contributed by atoms with van der Waals surface area (Å²) in [6, 6.07) is 8.33. The fourth-order valence-electron chi connectivity index (χ4n) is 2.58. The van der Waals surface area contributed by atoms with Gasteiger partial charge in [0.1, 0.15) is 0 Å². The molecule has 0 heterocycles. The van der Waals surface area contributed by atoms with Crippen molar-refractivity contribution < 1.29 is 28.5 Å². The van der Waals surface area contributed by atoms with E-state index in [9.17, 15) is 9.59 Å². The Morgan fingerprint density at radius 3 is 2.42 bits per heavy atom. The molecule has 2 rings (SSSR count). The largest absolute Gasteiger partial charge is 0.493 e. The molecule has 0 saturated heterocycles. The van der Waals surface area contributed by atoms with Crippen molar-refractivity contribution in [2.24, 2.45) is 5.10 Å². The Labute approximate surface area is 194 Å². The number of nitrogens with one attached hydrogen (secondary N) is 2. The summed E-state index contributed by atoms with van der Waals surface area (Å²) in [5, 5.41) is 6.46. The van der Waals surface area contributed by atoms with E-state index in [0.717, 1.165) is 9.13 Å². The van der Waals surface area contributed by atoms with Crippen molar-refractivity contribution in [2.75, 3.05) is 34.5 Å². The number of rotatable bonds is 10. The van der Waals surface area contributed by atoms with Gasteiger partial charge in [-0.05, 0) is 65.4 Å². The van der Waals surface area contributed by atoms with Crippen molar-refractivity contribution in [1.82, 2.24) is 10.7 Å². The molecule has 0 aliphatic carbocycles. The number of carbonyl (C=O) groups is 2. The second-order valence-electron chi connectivity index (χ2n) is 6.01. The highest BCUT2D eigenvalue weighted by Crippen LogP contribution is 2.33. The van der Waals surface area contributed by atoms with E-state index in [2.05, 4.69) is 38.4 Å². The minimum atomic E-state index is -0.474. The van der Waals surface area contributed by atoms with Gasteiger partial charge in [0.15, 0.2) is 23.0 Å². The minimum Gasteiger partial charge on any atom is -0.493 e.